The van der Waals surface area contributed by atoms with Crippen molar-refractivity contribution in [3.05, 3.63) is 34.9 Å². The van der Waals surface area contributed by atoms with Crippen LogP contribution in [0.15, 0.2) is 18.2 Å². The highest BCUT2D eigenvalue weighted by molar-refractivity contribution is 5.78. The predicted molar refractivity (Wildman–Crippen MR) is 78.0 cm³/mol. The van der Waals surface area contributed by atoms with Crippen LogP contribution in [-0.2, 0) is 11.3 Å². The molecule has 0 saturated carbocycles. The van der Waals surface area contributed by atoms with Crippen molar-refractivity contribution in [2.24, 2.45) is 0 Å². The average Bonchev–Trinajstić information content (AvgIpc) is 2.76. The Balaban J connectivity index is 1.84. The van der Waals surface area contributed by atoms with Gasteiger partial charge in [0.1, 0.15) is 0 Å². The summed E-state index contributed by atoms with van der Waals surface area (Å²) in [6.45, 7) is 9.03. The number of carbonyl (C=O) groups excluding carboxylic acids is 1. The van der Waals surface area contributed by atoms with Crippen molar-refractivity contribution < 1.29 is 4.79 Å². The number of likely N-dealkylation sites (tertiary alicyclic amines) is 1. The van der Waals surface area contributed by atoms with Gasteiger partial charge >= 0.3 is 0 Å². The van der Waals surface area contributed by atoms with Gasteiger partial charge in [-0.1, -0.05) is 23.8 Å². The molecule has 1 saturated heterocycles. The van der Waals surface area contributed by atoms with Crippen LogP contribution in [0.4, 0.5) is 0 Å². The van der Waals surface area contributed by atoms with Crippen LogP contribution in [0, 0.1) is 13.8 Å². The van der Waals surface area contributed by atoms with Gasteiger partial charge in [0.05, 0.1) is 0 Å². The lowest BCUT2D eigenvalue weighted by molar-refractivity contribution is -0.127. The third kappa shape index (κ3) is 3.80. The molecule has 0 radical (unpaired) electrons. The van der Waals surface area contributed by atoms with Gasteiger partial charge in [0.15, 0.2) is 0 Å². The molecular weight excluding hydrogens is 236 g/mol. The highest BCUT2D eigenvalue weighted by atomic mass is 16.2. The van der Waals surface area contributed by atoms with Crippen molar-refractivity contribution in [1.29, 1.82) is 0 Å². The first-order valence-corrected chi connectivity index (χ1v) is 7.13. The van der Waals surface area contributed by atoms with Gasteiger partial charge in [-0.2, -0.15) is 0 Å². The van der Waals surface area contributed by atoms with Crippen LogP contribution in [0.3, 0.4) is 0 Å². The Morgan fingerprint density at radius 2 is 2.16 bits per heavy atom. The number of benzene rings is 1. The number of hydrogen-bond donors (Lipinski definition) is 1. The van der Waals surface area contributed by atoms with Crippen molar-refractivity contribution in [3.8, 4) is 0 Å². The highest BCUT2D eigenvalue weighted by Crippen LogP contribution is 2.12. The topological polar surface area (TPSA) is 32.3 Å². The molecule has 1 aliphatic rings. The molecule has 1 amide bonds. The molecule has 1 N–H and O–H groups in total. The molecule has 1 atom stereocenters. The smallest absolute Gasteiger partial charge is 0.222 e. The minimum atomic E-state index is 0.306. The van der Waals surface area contributed by atoms with Gasteiger partial charge in [-0.15, -0.1) is 0 Å². The summed E-state index contributed by atoms with van der Waals surface area (Å²) in [6, 6.07) is 6.88. The lowest BCUT2D eigenvalue weighted by Crippen LogP contribution is -2.39. The molecule has 0 aromatic heterocycles. The number of amides is 1. The Morgan fingerprint density at radius 1 is 1.37 bits per heavy atom. The summed E-state index contributed by atoms with van der Waals surface area (Å²) in [7, 11) is 0. The van der Waals surface area contributed by atoms with E-state index in [2.05, 4.69) is 44.3 Å². The Hall–Kier alpha value is -1.35. The zero-order chi connectivity index (χ0) is 13.8. The first-order chi connectivity index (χ1) is 9.06. The normalized spacial score (nSPS) is 17.0. The number of nitrogens with one attached hydrogen (secondary N) is 1. The van der Waals surface area contributed by atoms with Crippen LogP contribution >= 0.6 is 0 Å². The SMILES string of the molecule is Cc1ccc(C)c(CNC(C)CN2CCCC2=O)c1. The number of rotatable bonds is 5. The van der Waals surface area contributed by atoms with Gasteiger partial charge in [-0.05, 0) is 38.3 Å². The summed E-state index contributed by atoms with van der Waals surface area (Å²) in [5.74, 6) is 0.306. The van der Waals surface area contributed by atoms with E-state index in [0.717, 1.165) is 32.5 Å². The zero-order valence-corrected chi connectivity index (χ0v) is 12.2. The van der Waals surface area contributed by atoms with Gasteiger partial charge in [-0.3, -0.25) is 4.79 Å². The summed E-state index contributed by atoms with van der Waals surface area (Å²) in [5.41, 5.74) is 3.96. The van der Waals surface area contributed by atoms with Crippen LogP contribution < -0.4 is 5.32 Å². The van der Waals surface area contributed by atoms with E-state index in [1.807, 2.05) is 4.90 Å². The van der Waals surface area contributed by atoms with Gasteiger partial charge < -0.3 is 10.2 Å². The Labute approximate surface area is 116 Å². The molecule has 3 heteroatoms. The molecule has 0 bridgehead atoms. The average molecular weight is 260 g/mol. The van der Waals surface area contributed by atoms with Gasteiger partial charge in [-0.25, -0.2) is 0 Å². The summed E-state index contributed by atoms with van der Waals surface area (Å²) >= 11 is 0. The summed E-state index contributed by atoms with van der Waals surface area (Å²) in [5, 5.41) is 3.52. The van der Waals surface area contributed by atoms with E-state index in [-0.39, 0.29) is 0 Å². The largest absolute Gasteiger partial charge is 0.341 e. The van der Waals surface area contributed by atoms with Crippen LogP contribution in [-0.4, -0.2) is 29.9 Å². The lowest BCUT2D eigenvalue weighted by atomic mass is 10.1. The van der Waals surface area contributed by atoms with Gasteiger partial charge in [0.2, 0.25) is 5.91 Å². The Kier molecular flexibility index (Phi) is 4.59. The van der Waals surface area contributed by atoms with Crippen LogP contribution in [0.5, 0.6) is 0 Å². The molecule has 1 heterocycles. The molecule has 1 aromatic carbocycles. The van der Waals surface area contributed by atoms with Gasteiger partial charge in [0, 0.05) is 32.1 Å². The highest BCUT2D eigenvalue weighted by Gasteiger charge is 2.21. The van der Waals surface area contributed by atoms with Gasteiger partial charge in [0.25, 0.3) is 0 Å². The molecule has 1 aromatic rings. The van der Waals surface area contributed by atoms with Crippen molar-refractivity contribution in [2.45, 2.75) is 46.2 Å². The molecule has 0 spiro atoms. The minimum absolute atomic E-state index is 0.306. The molecule has 1 unspecified atom stereocenters. The fraction of sp³-hybridized carbons (Fsp3) is 0.562. The van der Waals surface area contributed by atoms with E-state index in [9.17, 15) is 4.79 Å². The minimum Gasteiger partial charge on any atom is -0.341 e. The van der Waals surface area contributed by atoms with Crippen LogP contribution in [0.1, 0.15) is 36.5 Å². The molecule has 1 fully saturated rings. The first-order valence-electron chi connectivity index (χ1n) is 7.13. The quantitative estimate of drug-likeness (QED) is 0.881. The molecule has 2 rings (SSSR count). The summed E-state index contributed by atoms with van der Waals surface area (Å²) < 4.78 is 0. The van der Waals surface area contributed by atoms with E-state index in [1.54, 1.807) is 0 Å². The summed E-state index contributed by atoms with van der Waals surface area (Å²) in [4.78, 5) is 13.6. The third-order valence-electron chi connectivity index (χ3n) is 3.81. The van der Waals surface area contributed by atoms with E-state index < -0.39 is 0 Å². The fourth-order valence-electron chi connectivity index (χ4n) is 2.57. The third-order valence-corrected chi connectivity index (χ3v) is 3.81. The Morgan fingerprint density at radius 3 is 2.84 bits per heavy atom. The lowest BCUT2D eigenvalue weighted by Gasteiger charge is -2.22. The second-order valence-corrected chi connectivity index (χ2v) is 5.66. The summed E-state index contributed by atoms with van der Waals surface area (Å²) in [6.07, 6.45) is 1.74. The number of aryl methyl sites for hydroxylation is 2. The fourth-order valence-corrected chi connectivity index (χ4v) is 2.57. The van der Waals surface area contributed by atoms with Crippen molar-refractivity contribution in [3.63, 3.8) is 0 Å². The maximum Gasteiger partial charge on any atom is 0.222 e. The van der Waals surface area contributed by atoms with E-state index in [4.69, 9.17) is 0 Å². The molecular formula is C16H24N2O. The van der Waals surface area contributed by atoms with Crippen molar-refractivity contribution in [2.75, 3.05) is 13.1 Å². The maximum atomic E-state index is 11.6. The molecule has 3 nitrogen and oxygen atoms in total. The Bertz CT molecular complexity index is 456. The standard InChI is InChI=1S/C16H24N2O/c1-12-6-7-13(2)15(9-12)10-17-14(3)11-18-8-4-5-16(18)19/h6-7,9,14,17H,4-5,8,10-11H2,1-3H3. The molecule has 0 aliphatic carbocycles. The second-order valence-electron chi connectivity index (χ2n) is 5.66. The van der Waals surface area contributed by atoms with E-state index in [1.165, 1.54) is 16.7 Å². The number of nitrogens with zero attached hydrogens (tertiary/aromatic N) is 1. The predicted octanol–water partition coefficient (Wildman–Crippen LogP) is 2.40. The van der Waals surface area contributed by atoms with E-state index >= 15 is 0 Å². The molecule has 19 heavy (non-hydrogen) atoms. The second kappa shape index (κ2) is 6.20. The van der Waals surface area contributed by atoms with Crippen LogP contribution in [0.2, 0.25) is 0 Å². The first kappa shape index (κ1) is 14.1. The van der Waals surface area contributed by atoms with E-state index in [0.29, 0.717) is 11.9 Å². The maximum absolute atomic E-state index is 11.6. The molecule has 104 valence electrons. The number of hydrogen-bond acceptors (Lipinski definition) is 2. The molecule has 1 aliphatic heterocycles. The zero-order valence-electron chi connectivity index (χ0n) is 12.2. The number of carbonyl (C=O) groups is 1. The van der Waals surface area contributed by atoms with Crippen molar-refractivity contribution >= 4 is 5.91 Å². The monoisotopic (exact) mass is 260 g/mol. The van der Waals surface area contributed by atoms with Crippen molar-refractivity contribution in [1.82, 2.24) is 10.2 Å². The van der Waals surface area contributed by atoms with Crippen LogP contribution in [0.25, 0.3) is 0 Å².